The van der Waals surface area contributed by atoms with E-state index in [1.54, 1.807) is 30.6 Å². The minimum absolute atomic E-state index is 0.0344. The number of hydrogen-bond donors (Lipinski definition) is 1. The fourth-order valence-electron chi connectivity index (χ4n) is 3.09. The van der Waals surface area contributed by atoms with Gasteiger partial charge in [-0.25, -0.2) is 0 Å². The molecule has 0 bridgehead atoms. The second-order valence-corrected chi connectivity index (χ2v) is 6.98. The number of aryl methyl sites for hydroxylation is 1. The average Bonchev–Trinajstić information content (AvgIpc) is 3.40. The maximum atomic E-state index is 13.2. The summed E-state index contributed by atoms with van der Waals surface area (Å²) in [5.74, 6) is -0.144. The molecule has 6 nitrogen and oxygen atoms in total. The van der Waals surface area contributed by atoms with Crippen molar-refractivity contribution in [1.82, 2.24) is 9.88 Å². The summed E-state index contributed by atoms with van der Waals surface area (Å²) >= 11 is 0. The number of amides is 2. The summed E-state index contributed by atoms with van der Waals surface area (Å²) in [4.78, 5) is 31.4. The first-order valence-corrected chi connectivity index (χ1v) is 9.27. The number of anilines is 1. The zero-order chi connectivity index (χ0) is 19.5. The molecule has 0 unspecified atom stereocenters. The van der Waals surface area contributed by atoms with Crippen LogP contribution in [0.25, 0.3) is 0 Å². The lowest BCUT2D eigenvalue weighted by atomic mass is 10.1. The lowest BCUT2D eigenvalue weighted by molar-refractivity contribution is 0.0729. The van der Waals surface area contributed by atoms with Gasteiger partial charge >= 0.3 is 0 Å². The number of pyridine rings is 1. The van der Waals surface area contributed by atoms with E-state index in [9.17, 15) is 9.59 Å². The van der Waals surface area contributed by atoms with E-state index in [0.29, 0.717) is 17.8 Å². The molecule has 0 aliphatic heterocycles. The Bertz CT molecular complexity index is 980. The van der Waals surface area contributed by atoms with Crippen LogP contribution in [0, 0.1) is 6.92 Å². The van der Waals surface area contributed by atoms with E-state index >= 15 is 0 Å². The van der Waals surface area contributed by atoms with Crippen molar-refractivity contribution in [1.29, 1.82) is 0 Å². The molecule has 1 aliphatic rings. The number of furan rings is 1. The Balaban J connectivity index is 1.55. The van der Waals surface area contributed by atoms with Crippen molar-refractivity contribution in [2.45, 2.75) is 32.4 Å². The molecule has 0 atom stereocenters. The molecule has 1 saturated carbocycles. The van der Waals surface area contributed by atoms with Crippen molar-refractivity contribution >= 4 is 17.5 Å². The molecular formula is C22H21N3O3. The van der Waals surface area contributed by atoms with Crippen LogP contribution in [-0.2, 0) is 6.54 Å². The van der Waals surface area contributed by atoms with E-state index in [1.165, 1.54) is 6.26 Å². The largest absolute Gasteiger partial charge is 0.459 e. The molecule has 1 fully saturated rings. The monoisotopic (exact) mass is 375 g/mol. The van der Waals surface area contributed by atoms with Gasteiger partial charge in [0.15, 0.2) is 5.76 Å². The van der Waals surface area contributed by atoms with Crippen molar-refractivity contribution in [3.05, 3.63) is 83.6 Å². The molecule has 0 radical (unpaired) electrons. The normalized spacial score (nSPS) is 13.2. The highest BCUT2D eigenvalue weighted by Gasteiger charge is 2.33. The highest BCUT2D eigenvalue weighted by molar-refractivity contribution is 6.04. The van der Waals surface area contributed by atoms with Gasteiger partial charge in [-0.15, -0.1) is 0 Å². The fourth-order valence-corrected chi connectivity index (χ4v) is 3.09. The number of nitrogens with zero attached hydrogens (tertiary/aromatic N) is 2. The van der Waals surface area contributed by atoms with Gasteiger partial charge in [0.1, 0.15) is 0 Å². The highest BCUT2D eigenvalue weighted by atomic mass is 16.3. The molecule has 0 saturated heterocycles. The van der Waals surface area contributed by atoms with Crippen molar-refractivity contribution in [2.24, 2.45) is 0 Å². The summed E-state index contributed by atoms with van der Waals surface area (Å²) in [6.45, 7) is 2.44. The average molecular weight is 375 g/mol. The highest BCUT2D eigenvalue weighted by Crippen LogP contribution is 2.30. The molecule has 1 N–H and O–H groups in total. The number of carbonyl (C=O) groups is 2. The molecular weight excluding hydrogens is 354 g/mol. The maximum Gasteiger partial charge on any atom is 0.291 e. The third-order valence-corrected chi connectivity index (χ3v) is 4.83. The van der Waals surface area contributed by atoms with Gasteiger partial charge in [-0.1, -0.05) is 6.07 Å². The molecule has 142 valence electrons. The summed E-state index contributed by atoms with van der Waals surface area (Å²) in [6, 6.07) is 12.8. The third kappa shape index (κ3) is 3.96. The van der Waals surface area contributed by atoms with Gasteiger partial charge in [0.05, 0.1) is 6.26 Å². The van der Waals surface area contributed by atoms with Gasteiger partial charge in [-0.3, -0.25) is 14.6 Å². The Morgan fingerprint density at radius 2 is 1.96 bits per heavy atom. The summed E-state index contributed by atoms with van der Waals surface area (Å²) in [5, 5.41) is 2.83. The van der Waals surface area contributed by atoms with Gasteiger partial charge < -0.3 is 14.6 Å². The number of nitrogens with one attached hydrogen (secondary N) is 1. The Hall–Kier alpha value is -3.41. The first-order valence-electron chi connectivity index (χ1n) is 9.27. The molecule has 0 spiro atoms. The molecule has 2 amide bonds. The predicted octanol–water partition coefficient (Wildman–Crippen LogP) is 4.04. The Kier molecular flexibility index (Phi) is 4.93. The van der Waals surface area contributed by atoms with Crippen LogP contribution in [0.3, 0.4) is 0 Å². The van der Waals surface area contributed by atoms with Crippen molar-refractivity contribution in [2.75, 3.05) is 5.32 Å². The van der Waals surface area contributed by atoms with Crippen molar-refractivity contribution in [3.8, 4) is 0 Å². The molecule has 6 heteroatoms. The van der Waals surface area contributed by atoms with E-state index in [0.717, 1.165) is 24.0 Å². The minimum atomic E-state index is -0.339. The summed E-state index contributed by atoms with van der Waals surface area (Å²) in [7, 11) is 0. The van der Waals surface area contributed by atoms with E-state index in [2.05, 4.69) is 10.3 Å². The molecule has 1 aromatic carbocycles. The topological polar surface area (TPSA) is 75.4 Å². The quantitative estimate of drug-likeness (QED) is 0.705. The zero-order valence-electron chi connectivity index (χ0n) is 15.6. The molecule has 28 heavy (non-hydrogen) atoms. The van der Waals surface area contributed by atoms with Gasteiger partial charge in [-0.05, 0) is 67.3 Å². The molecule has 2 heterocycles. The summed E-state index contributed by atoms with van der Waals surface area (Å²) in [5.41, 5.74) is 3.09. The first kappa shape index (κ1) is 18.0. The number of benzene rings is 1. The van der Waals surface area contributed by atoms with E-state index in [-0.39, 0.29) is 23.6 Å². The first-order chi connectivity index (χ1) is 13.6. The van der Waals surface area contributed by atoms with E-state index in [1.807, 2.05) is 36.1 Å². The van der Waals surface area contributed by atoms with E-state index < -0.39 is 0 Å². The van der Waals surface area contributed by atoms with Crippen LogP contribution in [0.4, 0.5) is 5.69 Å². The van der Waals surface area contributed by atoms with Gasteiger partial charge in [0.25, 0.3) is 11.8 Å². The van der Waals surface area contributed by atoms with Crippen molar-refractivity contribution < 1.29 is 14.0 Å². The lowest BCUT2D eigenvalue weighted by Gasteiger charge is -2.23. The van der Waals surface area contributed by atoms with Crippen LogP contribution in [0.15, 0.2) is 65.5 Å². The van der Waals surface area contributed by atoms with Crippen molar-refractivity contribution in [3.63, 3.8) is 0 Å². The van der Waals surface area contributed by atoms with Crippen LogP contribution in [0.2, 0.25) is 0 Å². The van der Waals surface area contributed by atoms with Gasteiger partial charge in [-0.2, -0.15) is 0 Å². The molecule has 4 rings (SSSR count). The summed E-state index contributed by atoms with van der Waals surface area (Å²) < 4.78 is 5.14. The smallest absolute Gasteiger partial charge is 0.291 e. The number of carbonyl (C=O) groups excluding carboxylic acids is 2. The molecule has 2 aromatic heterocycles. The van der Waals surface area contributed by atoms with Crippen LogP contribution in [-0.4, -0.2) is 27.7 Å². The second-order valence-electron chi connectivity index (χ2n) is 6.98. The van der Waals surface area contributed by atoms with Gasteiger partial charge in [0.2, 0.25) is 0 Å². The Morgan fingerprint density at radius 3 is 2.64 bits per heavy atom. The predicted molar refractivity (Wildman–Crippen MR) is 105 cm³/mol. The van der Waals surface area contributed by atoms with Crippen LogP contribution in [0.1, 0.15) is 44.9 Å². The molecule has 3 aromatic rings. The number of aromatic nitrogens is 1. The number of rotatable bonds is 6. The third-order valence-electron chi connectivity index (χ3n) is 4.83. The van der Waals surface area contributed by atoms with E-state index in [4.69, 9.17) is 4.42 Å². The fraction of sp³-hybridized carbons (Fsp3) is 0.227. The standard InChI is InChI=1S/C22H21N3O3/c1-15-4-5-17(13-19(15)24-21(26)20-3-2-12-28-20)22(27)25(18-6-7-18)14-16-8-10-23-11-9-16/h2-5,8-13,18H,6-7,14H2,1H3,(H,24,26). The van der Waals surface area contributed by atoms with Crippen LogP contribution < -0.4 is 5.32 Å². The van der Waals surface area contributed by atoms with Crippen LogP contribution >= 0.6 is 0 Å². The lowest BCUT2D eigenvalue weighted by Crippen LogP contribution is -2.32. The second kappa shape index (κ2) is 7.68. The minimum Gasteiger partial charge on any atom is -0.459 e. The maximum absolute atomic E-state index is 13.2. The molecule has 1 aliphatic carbocycles. The number of hydrogen-bond acceptors (Lipinski definition) is 4. The Labute approximate surface area is 163 Å². The van der Waals surface area contributed by atoms with Gasteiger partial charge in [0, 0.05) is 36.2 Å². The van der Waals surface area contributed by atoms with Crippen LogP contribution in [0.5, 0.6) is 0 Å². The Morgan fingerprint density at radius 1 is 1.18 bits per heavy atom. The SMILES string of the molecule is Cc1ccc(C(=O)N(Cc2ccncc2)C2CC2)cc1NC(=O)c1ccco1. The summed E-state index contributed by atoms with van der Waals surface area (Å²) in [6.07, 6.45) is 6.96. The zero-order valence-corrected chi connectivity index (χ0v) is 15.6.